The molecule has 2 aliphatic heterocycles. The van der Waals surface area contributed by atoms with Gasteiger partial charge in [0.05, 0.1) is 25.3 Å². The van der Waals surface area contributed by atoms with Crippen LogP contribution in [0.1, 0.15) is 56.1 Å². The van der Waals surface area contributed by atoms with Crippen LogP contribution in [0, 0.1) is 6.92 Å². The normalized spacial score (nSPS) is 17.0. The molecular formula is C19H28N4O3. The molecule has 0 atom stereocenters. The maximum absolute atomic E-state index is 12.5. The number of carbonyl (C=O) groups is 2. The zero-order valence-corrected chi connectivity index (χ0v) is 15.8. The Kier molecular flexibility index (Phi) is 6.06. The molecular weight excluding hydrogens is 332 g/mol. The van der Waals surface area contributed by atoms with Gasteiger partial charge in [-0.25, -0.2) is 9.97 Å². The van der Waals surface area contributed by atoms with Gasteiger partial charge in [-0.15, -0.1) is 0 Å². The Balaban J connectivity index is 1.72. The number of aromatic nitrogens is 2. The number of esters is 1. The van der Waals surface area contributed by atoms with Crippen molar-refractivity contribution < 1.29 is 14.3 Å². The first-order chi connectivity index (χ1) is 12.6. The summed E-state index contributed by atoms with van der Waals surface area (Å²) >= 11 is 0. The maximum atomic E-state index is 12.5. The number of fused-ring (bicyclic) bond motifs is 1. The number of piperidine rings is 1. The standard InChI is InChI=1S/C19H28N4O3/c1-3-26-18(25)8-7-17(24)23-12-9-16-15(13-23)19(21-14(2)20-16)22-10-5-4-6-11-22/h3-13H2,1-2H3. The topological polar surface area (TPSA) is 75.6 Å². The predicted molar refractivity (Wildman–Crippen MR) is 97.8 cm³/mol. The molecule has 26 heavy (non-hydrogen) atoms. The van der Waals surface area contributed by atoms with Crippen molar-refractivity contribution >= 4 is 17.7 Å². The van der Waals surface area contributed by atoms with E-state index in [-0.39, 0.29) is 24.7 Å². The fourth-order valence-electron chi connectivity index (χ4n) is 3.70. The highest BCUT2D eigenvalue weighted by Gasteiger charge is 2.27. The van der Waals surface area contributed by atoms with Gasteiger partial charge < -0.3 is 14.5 Å². The van der Waals surface area contributed by atoms with Crippen molar-refractivity contribution in [2.45, 2.75) is 58.9 Å². The lowest BCUT2D eigenvalue weighted by atomic mass is 10.0. The van der Waals surface area contributed by atoms with Crippen molar-refractivity contribution in [2.24, 2.45) is 0 Å². The summed E-state index contributed by atoms with van der Waals surface area (Å²) in [5.74, 6) is 1.47. The van der Waals surface area contributed by atoms with Gasteiger partial charge in [-0.05, 0) is 33.1 Å². The molecule has 0 aliphatic carbocycles. The molecule has 3 rings (SSSR count). The Bertz CT molecular complexity index is 671. The first-order valence-electron chi connectivity index (χ1n) is 9.63. The van der Waals surface area contributed by atoms with Gasteiger partial charge in [0, 0.05) is 38.0 Å². The minimum absolute atomic E-state index is 0.00567. The average molecular weight is 360 g/mol. The molecule has 1 saturated heterocycles. The van der Waals surface area contributed by atoms with Crippen LogP contribution < -0.4 is 4.90 Å². The van der Waals surface area contributed by atoms with E-state index in [1.807, 2.05) is 11.8 Å². The van der Waals surface area contributed by atoms with E-state index >= 15 is 0 Å². The van der Waals surface area contributed by atoms with Crippen LogP contribution in [0.15, 0.2) is 0 Å². The molecule has 0 spiro atoms. The first-order valence-corrected chi connectivity index (χ1v) is 9.63. The third-order valence-corrected chi connectivity index (χ3v) is 5.01. The Hall–Kier alpha value is -2.18. The van der Waals surface area contributed by atoms with Gasteiger partial charge in [0.2, 0.25) is 5.91 Å². The smallest absolute Gasteiger partial charge is 0.306 e. The third-order valence-electron chi connectivity index (χ3n) is 5.01. The number of nitrogens with zero attached hydrogens (tertiary/aromatic N) is 4. The molecule has 1 aromatic heterocycles. The zero-order valence-electron chi connectivity index (χ0n) is 15.8. The fraction of sp³-hybridized carbons (Fsp3) is 0.684. The largest absolute Gasteiger partial charge is 0.466 e. The highest BCUT2D eigenvalue weighted by Crippen LogP contribution is 2.29. The van der Waals surface area contributed by atoms with Crippen LogP contribution in [0.3, 0.4) is 0 Å². The number of amides is 1. The number of rotatable bonds is 5. The van der Waals surface area contributed by atoms with Gasteiger partial charge in [0.15, 0.2) is 0 Å². The molecule has 7 nitrogen and oxygen atoms in total. The van der Waals surface area contributed by atoms with Crippen LogP contribution in [0.5, 0.6) is 0 Å². The van der Waals surface area contributed by atoms with Crippen molar-refractivity contribution in [1.29, 1.82) is 0 Å². The van der Waals surface area contributed by atoms with Crippen molar-refractivity contribution in [1.82, 2.24) is 14.9 Å². The van der Waals surface area contributed by atoms with E-state index in [9.17, 15) is 9.59 Å². The van der Waals surface area contributed by atoms with Crippen LogP contribution >= 0.6 is 0 Å². The quantitative estimate of drug-likeness (QED) is 0.748. The summed E-state index contributed by atoms with van der Waals surface area (Å²) in [6, 6.07) is 0. The SMILES string of the molecule is CCOC(=O)CCC(=O)N1CCc2nc(C)nc(N3CCCCC3)c2C1. The number of anilines is 1. The van der Waals surface area contributed by atoms with Crippen LogP contribution in [0.25, 0.3) is 0 Å². The van der Waals surface area contributed by atoms with Crippen LogP contribution in [-0.4, -0.2) is 53.0 Å². The van der Waals surface area contributed by atoms with Gasteiger partial charge in [-0.3, -0.25) is 9.59 Å². The van der Waals surface area contributed by atoms with E-state index in [2.05, 4.69) is 9.88 Å². The second kappa shape index (κ2) is 8.47. The molecule has 0 radical (unpaired) electrons. The Morgan fingerprint density at radius 3 is 2.58 bits per heavy atom. The van der Waals surface area contributed by atoms with Crippen LogP contribution in [0.4, 0.5) is 5.82 Å². The van der Waals surface area contributed by atoms with E-state index in [0.717, 1.165) is 42.4 Å². The van der Waals surface area contributed by atoms with Gasteiger partial charge >= 0.3 is 5.97 Å². The molecule has 0 unspecified atom stereocenters. The van der Waals surface area contributed by atoms with Gasteiger partial charge in [0.25, 0.3) is 0 Å². The maximum Gasteiger partial charge on any atom is 0.306 e. The van der Waals surface area contributed by atoms with Gasteiger partial charge in [0.1, 0.15) is 11.6 Å². The molecule has 7 heteroatoms. The third kappa shape index (κ3) is 4.31. The highest BCUT2D eigenvalue weighted by molar-refractivity contribution is 5.81. The second-order valence-corrected chi connectivity index (χ2v) is 6.94. The zero-order chi connectivity index (χ0) is 18.5. The summed E-state index contributed by atoms with van der Waals surface area (Å²) in [7, 11) is 0. The van der Waals surface area contributed by atoms with E-state index < -0.39 is 0 Å². The minimum atomic E-state index is -0.314. The minimum Gasteiger partial charge on any atom is -0.466 e. The molecule has 0 bridgehead atoms. The molecule has 1 amide bonds. The first kappa shape index (κ1) is 18.6. The molecule has 0 aromatic carbocycles. The lowest BCUT2D eigenvalue weighted by Crippen LogP contribution is -2.39. The van der Waals surface area contributed by atoms with Gasteiger partial charge in [-0.2, -0.15) is 0 Å². The van der Waals surface area contributed by atoms with Crippen molar-refractivity contribution in [2.75, 3.05) is 31.1 Å². The molecule has 0 saturated carbocycles. The monoisotopic (exact) mass is 360 g/mol. The Labute approximate surface area is 154 Å². The van der Waals surface area contributed by atoms with E-state index in [4.69, 9.17) is 9.72 Å². The number of hydrogen-bond donors (Lipinski definition) is 0. The number of aryl methyl sites for hydroxylation is 1. The van der Waals surface area contributed by atoms with E-state index in [0.29, 0.717) is 19.7 Å². The van der Waals surface area contributed by atoms with Crippen molar-refractivity contribution in [3.63, 3.8) is 0 Å². The fourth-order valence-corrected chi connectivity index (χ4v) is 3.70. The molecule has 0 N–H and O–H groups in total. The second-order valence-electron chi connectivity index (χ2n) is 6.94. The Morgan fingerprint density at radius 1 is 1.08 bits per heavy atom. The predicted octanol–water partition coefficient (Wildman–Crippen LogP) is 2.00. The van der Waals surface area contributed by atoms with Crippen LogP contribution in [-0.2, 0) is 27.3 Å². The molecule has 3 heterocycles. The van der Waals surface area contributed by atoms with Crippen LogP contribution in [0.2, 0.25) is 0 Å². The summed E-state index contributed by atoms with van der Waals surface area (Å²) in [4.78, 5) is 37.5. The highest BCUT2D eigenvalue weighted by atomic mass is 16.5. The lowest BCUT2D eigenvalue weighted by molar-refractivity contribution is -0.145. The van der Waals surface area contributed by atoms with E-state index in [1.54, 1.807) is 6.92 Å². The van der Waals surface area contributed by atoms with Crippen molar-refractivity contribution in [3.05, 3.63) is 17.1 Å². The van der Waals surface area contributed by atoms with E-state index in [1.165, 1.54) is 19.3 Å². The lowest BCUT2D eigenvalue weighted by Gasteiger charge is -2.34. The summed E-state index contributed by atoms with van der Waals surface area (Å²) in [6.07, 6.45) is 4.70. The molecule has 142 valence electrons. The van der Waals surface area contributed by atoms with Crippen molar-refractivity contribution in [3.8, 4) is 0 Å². The summed E-state index contributed by atoms with van der Waals surface area (Å²) in [5.41, 5.74) is 2.14. The summed E-state index contributed by atoms with van der Waals surface area (Å²) in [5, 5.41) is 0. The Morgan fingerprint density at radius 2 is 1.85 bits per heavy atom. The number of ether oxygens (including phenoxy) is 1. The van der Waals surface area contributed by atoms with Gasteiger partial charge in [-0.1, -0.05) is 0 Å². The average Bonchev–Trinajstić information content (AvgIpc) is 2.66. The number of carbonyl (C=O) groups excluding carboxylic acids is 2. The summed E-state index contributed by atoms with van der Waals surface area (Å²) < 4.78 is 4.91. The molecule has 1 aromatic rings. The molecule has 1 fully saturated rings. The summed E-state index contributed by atoms with van der Waals surface area (Å²) in [6.45, 7) is 7.25. The molecule has 2 aliphatic rings. The number of hydrogen-bond acceptors (Lipinski definition) is 6.